The number of anilines is 1. The number of nitriles is 1. The van der Waals surface area contributed by atoms with Gasteiger partial charge in [0, 0.05) is 34.6 Å². The molecule has 0 saturated heterocycles. The maximum Gasteiger partial charge on any atom is 0.134 e. The molecule has 0 aliphatic heterocycles. The summed E-state index contributed by atoms with van der Waals surface area (Å²) in [5, 5.41) is 15.5. The SMILES string of the molecule is CC(C)c1ccccc1-c1nc(NCc2ccc(-c3ccccn3)cc2)c2ccccc2c1C#N. The summed E-state index contributed by atoms with van der Waals surface area (Å²) in [6, 6.07) is 33.0. The van der Waals surface area contributed by atoms with Gasteiger partial charge in [0.05, 0.1) is 17.0 Å². The Morgan fingerprint density at radius 1 is 0.829 bits per heavy atom. The highest BCUT2D eigenvalue weighted by Crippen LogP contribution is 2.36. The van der Waals surface area contributed by atoms with Crippen molar-refractivity contribution in [1.82, 2.24) is 9.97 Å². The number of benzene rings is 3. The maximum absolute atomic E-state index is 10.1. The number of hydrogen-bond donors (Lipinski definition) is 1. The highest BCUT2D eigenvalue weighted by Gasteiger charge is 2.18. The monoisotopic (exact) mass is 454 g/mol. The van der Waals surface area contributed by atoms with E-state index in [4.69, 9.17) is 4.98 Å². The number of nitrogens with zero attached hydrogens (tertiary/aromatic N) is 3. The van der Waals surface area contributed by atoms with Crippen molar-refractivity contribution in [2.24, 2.45) is 0 Å². The fourth-order valence-corrected chi connectivity index (χ4v) is 4.43. The fourth-order valence-electron chi connectivity index (χ4n) is 4.43. The number of nitrogens with one attached hydrogen (secondary N) is 1. The molecule has 0 bridgehead atoms. The van der Waals surface area contributed by atoms with Crippen LogP contribution in [0.1, 0.15) is 36.5 Å². The van der Waals surface area contributed by atoms with Gasteiger partial charge in [-0.1, -0.05) is 92.7 Å². The molecule has 1 N–H and O–H groups in total. The molecule has 0 unspecified atom stereocenters. The second-order valence-corrected chi connectivity index (χ2v) is 8.85. The Kier molecular flexibility index (Phi) is 6.24. The Morgan fingerprint density at radius 3 is 2.26 bits per heavy atom. The Labute approximate surface area is 205 Å². The number of pyridine rings is 2. The molecule has 3 aromatic carbocycles. The smallest absolute Gasteiger partial charge is 0.134 e. The molecule has 0 radical (unpaired) electrons. The van der Waals surface area contributed by atoms with Crippen LogP contribution in [-0.2, 0) is 6.54 Å². The Hall–Kier alpha value is -4.49. The van der Waals surface area contributed by atoms with E-state index in [0.717, 1.165) is 44.7 Å². The zero-order chi connectivity index (χ0) is 24.2. The Bertz CT molecular complexity index is 1510. The predicted molar refractivity (Wildman–Crippen MR) is 143 cm³/mol. The van der Waals surface area contributed by atoms with Gasteiger partial charge in [0.15, 0.2) is 0 Å². The quantitative estimate of drug-likeness (QED) is 0.287. The summed E-state index contributed by atoms with van der Waals surface area (Å²) in [7, 11) is 0. The molecule has 2 heterocycles. The van der Waals surface area contributed by atoms with Crippen LogP contribution in [0.2, 0.25) is 0 Å². The lowest BCUT2D eigenvalue weighted by atomic mass is 9.92. The van der Waals surface area contributed by atoms with Crippen LogP contribution >= 0.6 is 0 Å². The molecule has 2 aromatic heterocycles. The normalized spacial score (nSPS) is 10.9. The van der Waals surface area contributed by atoms with Gasteiger partial charge in [0.25, 0.3) is 0 Å². The summed E-state index contributed by atoms with van der Waals surface area (Å²) >= 11 is 0. The number of rotatable bonds is 6. The summed E-state index contributed by atoms with van der Waals surface area (Å²) in [6.45, 7) is 4.95. The van der Waals surface area contributed by atoms with Crippen LogP contribution in [0, 0.1) is 11.3 Å². The van der Waals surface area contributed by atoms with Crippen molar-refractivity contribution in [1.29, 1.82) is 5.26 Å². The molecule has 0 aliphatic carbocycles. The minimum Gasteiger partial charge on any atom is -0.365 e. The maximum atomic E-state index is 10.1. The van der Waals surface area contributed by atoms with Crippen LogP contribution in [0.4, 0.5) is 5.82 Å². The lowest BCUT2D eigenvalue weighted by Crippen LogP contribution is -2.05. The zero-order valence-corrected chi connectivity index (χ0v) is 19.9. The van der Waals surface area contributed by atoms with E-state index in [1.807, 2.05) is 60.8 Å². The fraction of sp³-hybridized carbons (Fsp3) is 0.129. The third kappa shape index (κ3) is 4.49. The van der Waals surface area contributed by atoms with E-state index in [0.29, 0.717) is 18.0 Å². The minimum absolute atomic E-state index is 0.319. The van der Waals surface area contributed by atoms with Crippen LogP contribution in [0.3, 0.4) is 0 Å². The van der Waals surface area contributed by atoms with Crippen molar-refractivity contribution in [3.05, 3.63) is 114 Å². The van der Waals surface area contributed by atoms with Gasteiger partial charge in [0.2, 0.25) is 0 Å². The van der Waals surface area contributed by atoms with Gasteiger partial charge in [-0.3, -0.25) is 4.98 Å². The molecule has 0 atom stereocenters. The van der Waals surface area contributed by atoms with Crippen molar-refractivity contribution in [2.45, 2.75) is 26.3 Å². The highest BCUT2D eigenvalue weighted by atomic mass is 15.0. The second-order valence-electron chi connectivity index (χ2n) is 8.85. The number of hydrogen-bond acceptors (Lipinski definition) is 4. The van der Waals surface area contributed by atoms with Crippen LogP contribution in [0.5, 0.6) is 0 Å². The van der Waals surface area contributed by atoms with E-state index in [9.17, 15) is 5.26 Å². The third-order valence-electron chi connectivity index (χ3n) is 6.24. The van der Waals surface area contributed by atoms with Gasteiger partial charge in [-0.15, -0.1) is 0 Å². The van der Waals surface area contributed by atoms with Gasteiger partial charge in [-0.05, 0) is 29.2 Å². The van der Waals surface area contributed by atoms with Gasteiger partial charge in [-0.25, -0.2) is 4.98 Å². The average molecular weight is 455 g/mol. The molecular weight excluding hydrogens is 428 g/mol. The third-order valence-corrected chi connectivity index (χ3v) is 6.24. The van der Waals surface area contributed by atoms with E-state index in [-0.39, 0.29) is 0 Å². The first-order chi connectivity index (χ1) is 17.2. The zero-order valence-electron chi connectivity index (χ0n) is 19.9. The summed E-state index contributed by atoms with van der Waals surface area (Å²) < 4.78 is 0. The van der Waals surface area contributed by atoms with E-state index in [1.54, 1.807) is 0 Å². The molecule has 0 amide bonds. The van der Waals surface area contributed by atoms with Crippen molar-refractivity contribution >= 4 is 16.6 Å². The van der Waals surface area contributed by atoms with Crippen LogP contribution in [0.15, 0.2) is 97.2 Å². The molecule has 5 rings (SSSR count). The topological polar surface area (TPSA) is 61.6 Å². The van der Waals surface area contributed by atoms with Gasteiger partial charge >= 0.3 is 0 Å². The van der Waals surface area contributed by atoms with Crippen LogP contribution in [0.25, 0.3) is 33.3 Å². The van der Waals surface area contributed by atoms with Crippen LogP contribution in [-0.4, -0.2) is 9.97 Å². The van der Waals surface area contributed by atoms with Crippen molar-refractivity contribution in [3.63, 3.8) is 0 Å². The molecule has 4 nitrogen and oxygen atoms in total. The molecule has 0 spiro atoms. The van der Waals surface area contributed by atoms with E-state index < -0.39 is 0 Å². The predicted octanol–water partition coefficient (Wildman–Crippen LogP) is 7.57. The first-order valence-corrected chi connectivity index (χ1v) is 11.8. The van der Waals surface area contributed by atoms with Crippen molar-refractivity contribution in [3.8, 4) is 28.6 Å². The molecule has 0 fully saturated rings. The van der Waals surface area contributed by atoms with Crippen LogP contribution < -0.4 is 5.32 Å². The highest BCUT2D eigenvalue weighted by molar-refractivity contribution is 5.99. The Balaban J connectivity index is 1.53. The molecule has 170 valence electrons. The summed E-state index contributed by atoms with van der Waals surface area (Å²) in [6.07, 6.45) is 1.81. The first-order valence-electron chi connectivity index (χ1n) is 11.8. The first kappa shape index (κ1) is 22.3. The largest absolute Gasteiger partial charge is 0.365 e. The molecule has 0 aliphatic rings. The van der Waals surface area contributed by atoms with Gasteiger partial charge < -0.3 is 5.32 Å². The number of aromatic nitrogens is 2. The number of fused-ring (bicyclic) bond motifs is 1. The standard InChI is InChI=1S/C31H26N4/c1-21(2)24-9-3-5-11-26(24)30-28(19-32)25-10-4-6-12-27(25)31(35-30)34-20-22-14-16-23(17-15-22)29-13-7-8-18-33-29/h3-18,21H,20H2,1-2H3,(H,34,35). The second kappa shape index (κ2) is 9.79. The van der Waals surface area contributed by atoms with Crippen molar-refractivity contribution in [2.75, 3.05) is 5.32 Å². The molecular formula is C31H26N4. The molecule has 4 heteroatoms. The van der Waals surface area contributed by atoms with E-state index in [2.05, 4.69) is 66.6 Å². The van der Waals surface area contributed by atoms with Gasteiger partial charge in [0.1, 0.15) is 11.9 Å². The average Bonchev–Trinajstić information content (AvgIpc) is 2.92. The van der Waals surface area contributed by atoms with Gasteiger partial charge in [-0.2, -0.15) is 5.26 Å². The summed E-state index contributed by atoms with van der Waals surface area (Å²) in [5.74, 6) is 1.10. The minimum atomic E-state index is 0.319. The lowest BCUT2D eigenvalue weighted by molar-refractivity contribution is 0.868. The summed E-state index contributed by atoms with van der Waals surface area (Å²) in [4.78, 5) is 9.45. The summed E-state index contributed by atoms with van der Waals surface area (Å²) in [5.41, 5.74) is 6.71. The molecule has 0 saturated carbocycles. The molecule has 5 aromatic rings. The van der Waals surface area contributed by atoms with Crippen molar-refractivity contribution < 1.29 is 0 Å². The van der Waals surface area contributed by atoms with E-state index >= 15 is 0 Å². The van der Waals surface area contributed by atoms with E-state index in [1.165, 1.54) is 5.56 Å². The lowest BCUT2D eigenvalue weighted by Gasteiger charge is -2.17. The molecule has 35 heavy (non-hydrogen) atoms. The Morgan fingerprint density at radius 2 is 1.54 bits per heavy atom.